The first-order chi connectivity index (χ1) is 5.86. The molecule has 1 aromatic rings. The summed E-state index contributed by atoms with van der Waals surface area (Å²) in [6.45, 7) is 0. The van der Waals surface area contributed by atoms with Crippen molar-refractivity contribution in [3.63, 3.8) is 0 Å². The highest BCUT2D eigenvalue weighted by atomic mass is 14.7. The van der Waals surface area contributed by atoms with Crippen molar-refractivity contribution in [2.45, 2.75) is 31.2 Å². The number of benzene rings is 1. The van der Waals surface area contributed by atoms with E-state index in [1.807, 2.05) is 0 Å². The molecule has 0 fully saturated rings. The van der Waals surface area contributed by atoms with Gasteiger partial charge in [-0.05, 0) is 41.9 Å². The van der Waals surface area contributed by atoms with Crippen molar-refractivity contribution < 1.29 is 0 Å². The second kappa shape index (κ2) is 2.11. The SMILES string of the molecule is NC1CC2CCc3cccc1c32. The molecule has 2 N–H and O–H groups in total. The number of aryl methyl sites for hydroxylation is 1. The van der Waals surface area contributed by atoms with Crippen LogP contribution >= 0.6 is 0 Å². The molecule has 2 atom stereocenters. The molecular formula is C11H13N. The summed E-state index contributed by atoms with van der Waals surface area (Å²) in [4.78, 5) is 0. The number of hydrogen-bond donors (Lipinski definition) is 1. The second-order valence-electron chi connectivity index (χ2n) is 4.00. The summed E-state index contributed by atoms with van der Waals surface area (Å²) in [6, 6.07) is 6.94. The summed E-state index contributed by atoms with van der Waals surface area (Å²) in [6.07, 6.45) is 3.80. The van der Waals surface area contributed by atoms with E-state index < -0.39 is 0 Å². The van der Waals surface area contributed by atoms with Gasteiger partial charge in [-0.15, -0.1) is 0 Å². The minimum absolute atomic E-state index is 0.324. The average molecular weight is 159 g/mol. The number of rotatable bonds is 0. The van der Waals surface area contributed by atoms with Gasteiger partial charge in [0, 0.05) is 6.04 Å². The molecule has 0 aromatic heterocycles. The highest BCUT2D eigenvalue weighted by Gasteiger charge is 2.33. The molecule has 2 aliphatic carbocycles. The largest absolute Gasteiger partial charge is 0.324 e. The normalized spacial score (nSPS) is 30.8. The Kier molecular flexibility index (Phi) is 1.17. The molecule has 1 nitrogen and oxygen atoms in total. The minimum Gasteiger partial charge on any atom is -0.324 e. The summed E-state index contributed by atoms with van der Waals surface area (Å²) in [7, 11) is 0. The zero-order valence-electron chi connectivity index (χ0n) is 7.09. The van der Waals surface area contributed by atoms with E-state index in [2.05, 4.69) is 18.2 Å². The standard InChI is InChI=1S/C11H13N/c12-10-6-8-5-4-7-2-1-3-9(10)11(7)8/h1-3,8,10H,4-6,12H2. The molecule has 0 saturated heterocycles. The van der Waals surface area contributed by atoms with Crippen LogP contribution in [0.5, 0.6) is 0 Å². The molecule has 0 saturated carbocycles. The van der Waals surface area contributed by atoms with Crippen LogP contribution in [0.25, 0.3) is 0 Å². The van der Waals surface area contributed by atoms with Crippen LogP contribution in [-0.4, -0.2) is 0 Å². The van der Waals surface area contributed by atoms with Crippen LogP contribution in [0.1, 0.15) is 41.5 Å². The van der Waals surface area contributed by atoms with Crippen LogP contribution < -0.4 is 5.73 Å². The first-order valence-electron chi connectivity index (χ1n) is 4.73. The van der Waals surface area contributed by atoms with E-state index in [1.165, 1.54) is 24.8 Å². The predicted molar refractivity (Wildman–Crippen MR) is 49.0 cm³/mol. The van der Waals surface area contributed by atoms with Gasteiger partial charge in [0.15, 0.2) is 0 Å². The van der Waals surface area contributed by atoms with E-state index in [0.717, 1.165) is 5.92 Å². The van der Waals surface area contributed by atoms with E-state index in [1.54, 1.807) is 11.1 Å². The molecule has 0 spiro atoms. The van der Waals surface area contributed by atoms with Gasteiger partial charge in [0.05, 0.1) is 0 Å². The molecule has 12 heavy (non-hydrogen) atoms. The van der Waals surface area contributed by atoms with Crippen molar-refractivity contribution in [3.8, 4) is 0 Å². The Morgan fingerprint density at radius 2 is 2.25 bits per heavy atom. The first kappa shape index (κ1) is 6.67. The average Bonchev–Trinajstić information content (AvgIpc) is 2.61. The van der Waals surface area contributed by atoms with Gasteiger partial charge >= 0.3 is 0 Å². The zero-order chi connectivity index (χ0) is 8.13. The summed E-state index contributed by atoms with van der Waals surface area (Å²) >= 11 is 0. The Morgan fingerprint density at radius 1 is 1.33 bits per heavy atom. The van der Waals surface area contributed by atoms with Gasteiger partial charge < -0.3 is 5.73 Å². The van der Waals surface area contributed by atoms with Crippen molar-refractivity contribution in [2.24, 2.45) is 5.73 Å². The van der Waals surface area contributed by atoms with E-state index >= 15 is 0 Å². The molecule has 0 heterocycles. The lowest BCUT2D eigenvalue weighted by Crippen LogP contribution is -2.06. The van der Waals surface area contributed by atoms with Gasteiger partial charge in [-0.1, -0.05) is 18.2 Å². The fourth-order valence-corrected chi connectivity index (χ4v) is 2.82. The van der Waals surface area contributed by atoms with Gasteiger partial charge in [0.2, 0.25) is 0 Å². The molecule has 2 aliphatic rings. The van der Waals surface area contributed by atoms with Crippen molar-refractivity contribution in [3.05, 3.63) is 34.9 Å². The Bertz CT molecular complexity index is 330. The summed E-state index contributed by atoms with van der Waals surface area (Å²) in [5.41, 5.74) is 10.6. The van der Waals surface area contributed by atoms with Crippen LogP contribution in [0.3, 0.4) is 0 Å². The monoisotopic (exact) mass is 159 g/mol. The van der Waals surface area contributed by atoms with Gasteiger partial charge in [-0.3, -0.25) is 0 Å². The maximum absolute atomic E-state index is 6.04. The minimum atomic E-state index is 0.324. The Balaban J connectivity index is 2.28. The summed E-state index contributed by atoms with van der Waals surface area (Å²) in [5.74, 6) is 0.797. The molecule has 1 aromatic carbocycles. The molecular weight excluding hydrogens is 146 g/mol. The number of nitrogens with two attached hydrogens (primary N) is 1. The lowest BCUT2D eigenvalue weighted by molar-refractivity contribution is 0.590. The van der Waals surface area contributed by atoms with Crippen LogP contribution in [-0.2, 0) is 6.42 Å². The zero-order valence-corrected chi connectivity index (χ0v) is 7.09. The lowest BCUT2D eigenvalue weighted by atomic mass is 10.0. The fourth-order valence-electron chi connectivity index (χ4n) is 2.82. The van der Waals surface area contributed by atoms with Gasteiger partial charge in [-0.25, -0.2) is 0 Å². The van der Waals surface area contributed by atoms with Gasteiger partial charge in [0.1, 0.15) is 0 Å². The van der Waals surface area contributed by atoms with Crippen LogP contribution in [0.4, 0.5) is 0 Å². The Labute approximate surface area is 72.6 Å². The molecule has 0 aliphatic heterocycles. The molecule has 3 rings (SSSR count). The Morgan fingerprint density at radius 3 is 3.17 bits per heavy atom. The molecule has 62 valence electrons. The van der Waals surface area contributed by atoms with Gasteiger partial charge in [0.25, 0.3) is 0 Å². The smallest absolute Gasteiger partial charge is 0.0303 e. The van der Waals surface area contributed by atoms with E-state index in [-0.39, 0.29) is 0 Å². The van der Waals surface area contributed by atoms with Crippen LogP contribution in [0.2, 0.25) is 0 Å². The van der Waals surface area contributed by atoms with Crippen LogP contribution in [0, 0.1) is 0 Å². The third-order valence-electron chi connectivity index (χ3n) is 3.34. The number of hydrogen-bond acceptors (Lipinski definition) is 1. The second-order valence-corrected chi connectivity index (χ2v) is 4.00. The highest BCUT2D eigenvalue weighted by molar-refractivity contribution is 5.46. The van der Waals surface area contributed by atoms with E-state index in [9.17, 15) is 0 Å². The topological polar surface area (TPSA) is 26.0 Å². The Hall–Kier alpha value is -0.820. The van der Waals surface area contributed by atoms with Crippen molar-refractivity contribution in [2.75, 3.05) is 0 Å². The summed E-state index contributed by atoms with van der Waals surface area (Å²) in [5, 5.41) is 0. The lowest BCUT2D eigenvalue weighted by Gasteiger charge is -2.05. The summed E-state index contributed by atoms with van der Waals surface area (Å²) < 4.78 is 0. The maximum Gasteiger partial charge on any atom is 0.0303 e. The molecule has 0 radical (unpaired) electrons. The third kappa shape index (κ3) is 0.674. The first-order valence-corrected chi connectivity index (χ1v) is 4.73. The maximum atomic E-state index is 6.04. The molecule has 0 amide bonds. The van der Waals surface area contributed by atoms with Crippen molar-refractivity contribution >= 4 is 0 Å². The molecule has 1 heteroatoms. The van der Waals surface area contributed by atoms with Gasteiger partial charge in [-0.2, -0.15) is 0 Å². The fraction of sp³-hybridized carbons (Fsp3) is 0.455. The van der Waals surface area contributed by atoms with Crippen LogP contribution in [0.15, 0.2) is 18.2 Å². The van der Waals surface area contributed by atoms with Crippen molar-refractivity contribution in [1.82, 2.24) is 0 Å². The predicted octanol–water partition coefficient (Wildman–Crippen LogP) is 2.12. The molecule has 0 bridgehead atoms. The molecule has 2 unspecified atom stereocenters. The third-order valence-corrected chi connectivity index (χ3v) is 3.34. The van der Waals surface area contributed by atoms with E-state index in [0.29, 0.717) is 6.04 Å². The quantitative estimate of drug-likeness (QED) is 0.616. The van der Waals surface area contributed by atoms with Crippen molar-refractivity contribution in [1.29, 1.82) is 0 Å². The van der Waals surface area contributed by atoms with E-state index in [4.69, 9.17) is 5.73 Å². The highest BCUT2D eigenvalue weighted by Crippen LogP contribution is 2.47.